The van der Waals surface area contributed by atoms with E-state index in [1.165, 1.54) is 11.3 Å². The molecule has 7 heteroatoms. The molecule has 0 fully saturated rings. The third-order valence-electron chi connectivity index (χ3n) is 5.16. The largest absolute Gasteiger partial charge is 0.399 e. The van der Waals surface area contributed by atoms with Gasteiger partial charge in [0.2, 0.25) is 0 Å². The summed E-state index contributed by atoms with van der Waals surface area (Å²) in [5, 5.41) is 3.77. The van der Waals surface area contributed by atoms with Gasteiger partial charge in [0, 0.05) is 40.5 Å². The first-order chi connectivity index (χ1) is 14.1. The van der Waals surface area contributed by atoms with E-state index in [0.717, 1.165) is 21.6 Å². The number of thiophene rings is 1. The number of anilines is 1. The molecule has 0 aliphatic carbocycles. The quantitative estimate of drug-likeness (QED) is 0.557. The lowest BCUT2D eigenvalue weighted by molar-refractivity contribution is -0.135. The summed E-state index contributed by atoms with van der Waals surface area (Å²) in [6.07, 6.45) is 4.10. The summed E-state index contributed by atoms with van der Waals surface area (Å²) in [4.78, 5) is 21.7. The van der Waals surface area contributed by atoms with Gasteiger partial charge in [-0.2, -0.15) is 0 Å². The molecule has 1 aliphatic rings. The Morgan fingerprint density at radius 2 is 2.03 bits per heavy atom. The van der Waals surface area contributed by atoms with E-state index in [9.17, 15) is 4.79 Å². The number of hydrogen-bond donors (Lipinski definition) is 3. The number of benzene rings is 1. The molecule has 3 heterocycles. The highest BCUT2D eigenvalue weighted by Crippen LogP contribution is 2.49. The van der Waals surface area contributed by atoms with Gasteiger partial charge in [-0.25, -0.2) is 4.98 Å². The Balaban J connectivity index is 1.76. The first-order valence-corrected chi connectivity index (χ1v) is 10.6. The monoisotopic (exact) mass is 422 g/mol. The van der Waals surface area contributed by atoms with E-state index < -0.39 is 5.60 Å². The highest BCUT2D eigenvalue weighted by Gasteiger charge is 2.42. The molecule has 1 aliphatic heterocycles. The van der Waals surface area contributed by atoms with Crippen LogP contribution < -0.4 is 11.1 Å². The number of hydrogen-bond acceptors (Lipinski definition) is 5. The molecule has 0 bridgehead atoms. The van der Waals surface area contributed by atoms with Crippen LogP contribution >= 0.6 is 11.3 Å². The van der Waals surface area contributed by atoms with Crippen molar-refractivity contribution >= 4 is 27.9 Å². The van der Waals surface area contributed by atoms with Crippen LogP contribution in [-0.2, 0) is 16.8 Å². The molecule has 4 rings (SSSR count). The lowest BCUT2D eigenvalue weighted by Crippen LogP contribution is -2.41. The van der Waals surface area contributed by atoms with Gasteiger partial charge in [0.25, 0.3) is 5.91 Å². The predicted molar refractivity (Wildman–Crippen MR) is 121 cm³/mol. The lowest BCUT2D eigenvalue weighted by atomic mass is 9.86. The van der Waals surface area contributed by atoms with Gasteiger partial charge >= 0.3 is 0 Å². The van der Waals surface area contributed by atoms with Crippen molar-refractivity contribution in [2.45, 2.75) is 45.3 Å². The molecule has 1 aromatic carbocycles. The minimum absolute atomic E-state index is 0.221. The number of fused-ring (bicyclic) bond motifs is 1. The summed E-state index contributed by atoms with van der Waals surface area (Å²) in [5.41, 5.74) is 8.98. The molecule has 0 atom stereocenters. The van der Waals surface area contributed by atoms with Crippen LogP contribution in [0.5, 0.6) is 0 Å². The Hall–Kier alpha value is -2.90. The number of nitrogens with one attached hydrogen (secondary N) is 2. The van der Waals surface area contributed by atoms with Crippen molar-refractivity contribution in [1.82, 2.24) is 9.97 Å². The van der Waals surface area contributed by atoms with Gasteiger partial charge in [-0.05, 0) is 39.3 Å². The zero-order chi connectivity index (χ0) is 21.7. The van der Waals surface area contributed by atoms with Crippen molar-refractivity contribution in [2.75, 3.05) is 5.32 Å². The zero-order valence-electron chi connectivity index (χ0n) is 17.6. The van der Waals surface area contributed by atoms with Crippen LogP contribution in [-0.4, -0.2) is 21.5 Å². The lowest BCUT2D eigenvalue weighted by Gasteiger charge is -2.41. The fraction of sp³-hybridized carbons (Fsp3) is 0.304. The molecule has 0 radical (unpaired) electrons. The highest BCUT2D eigenvalue weighted by atomic mass is 32.1. The van der Waals surface area contributed by atoms with Gasteiger partial charge in [-0.3, -0.25) is 4.79 Å². The maximum absolute atomic E-state index is 13.3. The molecule has 30 heavy (non-hydrogen) atoms. The van der Waals surface area contributed by atoms with Gasteiger partial charge in [-0.1, -0.05) is 24.8 Å². The molecule has 6 nitrogen and oxygen atoms in total. The minimum atomic E-state index is -0.485. The zero-order valence-corrected chi connectivity index (χ0v) is 18.4. The van der Waals surface area contributed by atoms with Crippen molar-refractivity contribution in [3.05, 3.63) is 64.8 Å². The van der Waals surface area contributed by atoms with Crippen LogP contribution in [0.25, 0.3) is 17.1 Å². The first-order valence-electron chi connectivity index (χ1n) is 9.80. The summed E-state index contributed by atoms with van der Waals surface area (Å²) in [6, 6.07) is 7.37. The highest BCUT2D eigenvalue weighted by molar-refractivity contribution is 7.17. The second-order valence-corrected chi connectivity index (χ2v) is 9.65. The maximum Gasteiger partial charge on any atom is 0.257 e. The summed E-state index contributed by atoms with van der Waals surface area (Å²) in [6.45, 7) is 12.2. The third-order valence-corrected chi connectivity index (χ3v) is 6.61. The van der Waals surface area contributed by atoms with E-state index in [-0.39, 0.29) is 11.5 Å². The van der Waals surface area contributed by atoms with Gasteiger partial charge in [-0.15, -0.1) is 11.3 Å². The van der Waals surface area contributed by atoms with Crippen LogP contribution in [0.2, 0.25) is 0 Å². The number of carbonyl (C=O) groups is 1. The van der Waals surface area contributed by atoms with E-state index >= 15 is 0 Å². The van der Waals surface area contributed by atoms with Crippen molar-refractivity contribution in [2.24, 2.45) is 5.73 Å². The second kappa shape index (κ2) is 7.11. The number of nitrogens with zero attached hydrogens (tertiary/aromatic N) is 1. The third kappa shape index (κ3) is 3.55. The molecule has 1 amide bonds. The second-order valence-electron chi connectivity index (χ2n) is 8.63. The molecule has 3 aromatic rings. The molecular weight excluding hydrogens is 396 g/mol. The number of rotatable bonds is 4. The summed E-state index contributed by atoms with van der Waals surface area (Å²) >= 11 is 1.50. The summed E-state index contributed by atoms with van der Waals surface area (Å²) in [5.74, 6) is 0.423. The van der Waals surface area contributed by atoms with Gasteiger partial charge < -0.3 is 20.8 Å². The van der Waals surface area contributed by atoms with E-state index in [4.69, 9.17) is 10.5 Å². The number of carbonyl (C=O) groups excluding carboxylic acids is 1. The van der Waals surface area contributed by atoms with Crippen molar-refractivity contribution in [3.8, 4) is 11.4 Å². The van der Waals surface area contributed by atoms with E-state index in [2.05, 4.69) is 35.7 Å². The summed E-state index contributed by atoms with van der Waals surface area (Å²) in [7, 11) is 0. The van der Waals surface area contributed by atoms with Crippen LogP contribution in [0, 0.1) is 0 Å². The predicted octanol–water partition coefficient (Wildman–Crippen LogP) is 4.91. The molecule has 0 saturated heterocycles. The average Bonchev–Trinajstić information content (AvgIpc) is 3.28. The van der Waals surface area contributed by atoms with Gasteiger partial charge in [0.05, 0.1) is 16.8 Å². The number of nitrogens with two attached hydrogens (primary N) is 1. The number of ether oxygens (including phenoxy) is 1. The SMILES string of the molecule is C=C(N)c1c(NC(=O)c2ccccc2-c2ncc[nH]2)sc2c1CC(C)(C)OC2(C)C. The van der Waals surface area contributed by atoms with Crippen molar-refractivity contribution in [1.29, 1.82) is 0 Å². The van der Waals surface area contributed by atoms with E-state index in [1.807, 2.05) is 32.0 Å². The van der Waals surface area contributed by atoms with Crippen molar-refractivity contribution < 1.29 is 9.53 Å². The minimum Gasteiger partial charge on any atom is -0.399 e. The Morgan fingerprint density at radius 3 is 2.70 bits per heavy atom. The Kier molecular flexibility index (Phi) is 4.83. The first kappa shape index (κ1) is 20.4. The van der Waals surface area contributed by atoms with Gasteiger partial charge in [0.15, 0.2) is 0 Å². The Labute approximate surface area is 180 Å². The van der Waals surface area contributed by atoms with Gasteiger partial charge in [0.1, 0.15) is 10.8 Å². The molecule has 2 aromatic heterocycles. The molecule has 0 spiro atoms. The Morgan fingerprint density at radius 1 is 1.30 bits per heavy atom. The standard InChI is InChI=1S/C23H26N4O2S/c1-13(24)17-16-12-22(2,3)29-23(4,5)18(16)30-21(17)27-20(28)15-9-7-6-8-14(15)19-25-10-11-26-19/h6-11H,1,12,24H2,2-5H3,(H,25,26)(H,27,28). The van der Waals surface area contributed by atoms with Crippen LogP contribution in [0.3, 0.4) is 0 Å². The molecule has 0 saturated carbocycles. The number of aromatic nitrogens is 2. The molecule has 0 unspecified atom stereocenters. The van der Waals surface area contributed by atoms with E-state index in [1.54, 1.807) is 18.5 Å². The molecule has 156 valence electrons. The fourth-order valence-corrected chi connectivity index (χ4v) is 5.51. The van der Waals surface area contributed by atoms with E-state index in [0.29, 0.717) is 28.5 Å². The smallest absolute Gasteiger partial charge is 0.257 e. The number of amides is 1. The van der Waals surface area contributed by atoms with Crippen LogP contribution in [0.15, 0.2) is 43.2 Å². The molecule has 4 N–H and O–H groups in total. The van der Waals surface area contributed by atoms with Crippen LogP contribution in [0.1, 0.15) is 54.1 Å². The maximum atomic E-state index is 13.3. The Bertz CT molecular complexity index is 1130. The molecular formula is C23H26N4O2S. The summed E-state index contributed by atoms with van der Waals surface area (Å²) < 4.78 is 6.31. The van der Waals surface area contributed by atoms with Crippen molar-refractivity contribution in [3.63, 3.8) is 0 Å². The number of imidazole rings is 1. The number of H-pyrrole nitrogens is 1. The average molecular weight is 423 g/mol. The van der Waals surface area contributed by atoms with Crippen LogP contribution in [0.4, 0.5) is 5.00 Å². The normalized spacial score (nSPS) is 16.7. The number of aromatic amines is 1. The topological polar surface area (TPSA) is 93.0 Å². The fourth-order valence-electron chi connectivity index (χ4n) is 4.22.